The molecule has 1 aliphatic rings. The van der Waals surface area contributed by atoms with Gasteiger partial charge in [-0.15, -0.1) is 0 Å². The summed E-state index contributed by atoms with van der Waals surface area (Å²) in [6.07, 6.45) is 4.58. The number of benzene rings is 1. The molecule has 0 spiro atoms. The van der Waals surface area contributed by atoms with Crippen molar-refractivity contribution in [1.82, 2.24) is 4.72 Å². The number of hydrogen-bond acceptors (Lipinski definition) is 3. The fourth-order valence-corrected chi connectivity index (χ4v) is 4.04. The SMILES string of the molecule is Cc1ccc(S(=O)(=O)NCC2(C)CCCC2)cc1CN. The Morgan fingerprint density at radius 2 is 1.95 bits per heavy atom. The van der Waals surface area contributed by atoms with Crippen molar-refractivity contribution in [2.45, 2.75) is 51.0 Å². The third-order valence-electron chi connectivity index (χ3n) is 4.35. The average Bonchev–Trinajstić information content (AvgIpc) is 2.85. The highest BCUT2D eigenvalue weighted by atomic mass is 32.2. The molecule has 0 saturated heterocycles. The Morgan fingerprint density at radius 1 is 1.30 bits per heavy atom. The van der Waals surface area contributed by atoms with Crippen molar-refractivity contribution in [3.63, 3.8) is 0 Å². The largest absolute Gasteiger partial charge is 0.326 e. The van der Waals surface area contributed by atoms with E-state index < -0.39 is 10.0 Å². The van der Waals surface area contributed by atoms with E-state index in [0.29, 0.717) is 18.0 Å². The molecule has 0 aliphatic heterocycles. The molecule has 1 aliphatic carbocycles. The molecule has 0 radical (unpaired) electrons. The zero-order valence-corrected chi connectivity index (χ0v) is 13.1. The van der Waals surface area contributed by atoms with E-state index in [1.54, 1.807) is 12.1 Å². The van der Waals surface area contributed by atoms with E-state index in [1.165, 1.54) is 12.8 Å². The first kappa shape index (κ1) is 15.5. The standard InChI is InChI=1S/C15H24N2O2S/c1-12-5-6-14(9-13(12)10-16)20(18,19)17-11-15(2)7-3-4-8-15/h5-6,9,17H,3-4,7-8,10-11,16H2,1-2H3. The summed E-state index contributed by atoms with van der Waals surface area (Å²) in [4.78, 5) is 0.310. The van der Waals surface area contributed by atoms with Crippen molar-refractivity contribution in [3.8, 4) is 0 Å². The van der Waals surface area contributed by atoms with Crippen LogP contribution < -0.4 is 10.5 Å². The van der Waals surface area contributed by atoms with Gasteiger partial charge in [0.1, 0.15) is 0 Å². The third kappa shape index (κ3) is 3.40. The molecule has 4 nitrogen and oxygen atoms in total. The molecule has 1 aromatic rings. The van der Waals surface area contributed by atoms with E-state index in [-0.39, 0.29) is 5.41 Å². The second kappa shape index (κ2) is 5.84. The second-order valence-corrected chi connectivity index (χ2v) is 7.90. The van der Waals surface area contributed by atoms with E-state index in [0.717, 1.165) is 24.0 Å². The molecule has 3 N–H and O–H groups in total. The van der Waals surface area contributed by atoms with Gasteiger partial charge in [-0.3, -0.25) is 0 Å². The number of hydrogen-bond donors (Lipinski definition) is 2. The molecular formula is C15H24N2O2S. The lowest BCUT2D eigenvalue weighted by Gasteiger charge is -2.23. The van der Waals surface area contributed by atoms with Gasteiger partial charge in [0, 0.05) is 13.1 Å². The minimum absolute atomic E-state index is 0.106. The van der Waals surface area contributed by atoms with Crippen LogP contribution in [0.25, 0.3) is 0 Å². The maximum absolute atomic E-state index is 12.4. The first-order valence-electron chi connectivity index (χ1n) is 7.16. The summed E-state index contributed by atoms with van der Waals surface area (Å²) < 4.78 is 27.5. The summed E-state index contributed by atoms with van der Waals surface area (Å²) in [5, 5.41) is 0. The first-order chi connectivity index (χ1) is 9.36. The van der Waals surface area contributed by atoms with Crippen LogP contribution in [0.3, 0.4) is 0 Å². The average molecular weight is 296 g/mol. The second-order valence-electron chi connectivity index (χ2n) is 6.13. The van der Waals surface area contributed by atoms with E-state index >= 15 is 0 Å². The van der Waals surface area contributed by atoms with E-state index in [1.807, 2.05) is 13.0 Å². The minimum atomic E-state index is -3.44. The van der Waals surface area contributed by atoms with Crippen molar-refractivity contribution in [2.24, 2.45) is 11.1 Å². The molecule has 2 rings (SSSR count). The van der Waals surface area contributed by atoms with E-state index in [9.17, 15) is 8.42 Å². The Morgan fingerprint density at radius 3 is 2.55 bits per heavy atom. The monoisotopic (exact) mass is 296 g/mol. The number of rotatable bonds is 5. The molecule has 112 valence electrons. The number of aryl methyl sites for hydroxylation is 1. The van der Waals surface area contributed by atoms with Crippen molar-refractivity contribution in [1.29, 1.82) is 0 Å². The van der Waals surface area contributed by atoms with Crippen LogP contribution in [-0.4, -0.2) is 15.0 Å². The Balaban J connectivity index is 2.14. The molecule has 1 aromatic carbocycles. The van der Waals surface area contributed by atoms with Gasteiger partial charge < -0.3 is 5.73 Å². The van der Waals surface area contributed by atoms with Gasteiger partial charge >= 0.3 is 0 Å². The molecule has 20 heavy (non-hydrogen) atoms. The van der Waals surface area contributed by atoms with Gasteiger partial charge in [-0.2, -0.15) is 0 Å². The quantitative estimate of drug-likeness (QED) is 0.876. The molecule has 5 heteroatoms. The molecule has 0 aromatic heterocycles. The fraction of sp³-hybridized carbons (Fsp3) is 0.600. The summed E-state index contributed by atoms with van der Waals surface area (Å²) in [7, 11) is -3.44. The summed E-state index contributed by atoms with van der Waals surface area (Å²) in [5.41, 5.74) is 7.65. The molecule has 1 saturated carbocycles. The lowest BCUT2D eigenvalue weighted by atomic mass is 9.89. The molecule has 0 bridgehead atoms. The molecule has 0 unspecified atom stereocenters. The zero-order chi connectivity index (χ0) is 14.8. The number of nitrogens with one attached hydrogen (secondary N) is 1. The van der Waals surface area contributed by atoms with Crippen LogP contribution in [0.1, 0.15) is 43.7 Å². The lowest BCUT2D eigenvalue weighted by Crippen LogP contribution is -2.34. The van der Waals surface area contributed by atoms with Gasteiger partial charge in [0.25, 0.3) is 0 Å². The highest BCUT2D eigenvalue weighted by Crippen LogP contribution is 2.37. The van der Waals surface area contributed by atoms with Crippen LogP contribution in [0.15, 0.2) is 23.1 Å². The lowest BCUT2D eigenvalue weighted by molar-refractivity contribution is 0.336. The van der Waals surface area contributed by atoms with Gasteiger partial charge in [0.15, 0.2) is 0 Å². The number of sulfonamides is 1. The van der Waals surface area contributed by atoms with Gasteiger partial charge in [0.2, 0.25) is 10.0 Å². The van der Waals surface area contributed by atoms with Gasteiger partial charge in [-0.05, 0) is 48.4 Å². The normalized spacial score (nSPS) is 18.4. The molecule has 0 heterocycles. The predicted octanol–water partition coefficient (Wildman–Crippen LogP) is 2.31. The van der Waals surface area contributed by atoms with Crippen molar-refractivity contribution in [2.75, 3.05) is 6.54 Å². The van der Waals surface area contributed by atoms with Crippen LogP contribution in [0.2, 0.25) is 0 Å². The summed E-state index contributed by atoms with van der Waals surface area (Å²) in [6.45, 7) is 4.96. The highest BCUT2D eigenvalue weighted by Gasteiger charge is 2.30. The van der Waals surface area contributed by atoms with Crippen LogP contribution in [0, 0.1) is 12.3 Å². The van der Waals surface area contributed by atoms with Gasteiger partial charge in [-0.25, -0.2) is 13.1 Å². The summed E-state index contributed by atoms with van der Waals surface area (Å²) in [6, 6.07) is 5.14. The maximum atomic E-state index is 12.4. The predicted molar refractivity (Wildman–Crippen MR) is 80.8 cm³/mol. The van der Waals surface area contributed by atoms with Gasteiger partial charge in [0.05, 0.1) is 4.90 Å². The molecular weight excluding hydrogens is 272 g/mol. The van der Waals surface area contributed by atoms with E-state index in [2.05, 4.69) is 11.6 Å². The Kier molecular flexibility index (Phi) is 4.52. The zero-order valence-electron chi connectivity index (χ0n) is 12.3. The van der Waals surface area contributed by atoms with Crippen LogP contribution in [0.4, 0.5) is 0 Å². The summed E-state index contributed by atoms with van der Waals surface area (Å²) in [5.74, 6) is 0. The Bertz CT molecular complexity index is 576. The molecule has 0 amide bonds. The molecule has 1 fully saturated rings. The maximum Gasteiger partial charge on any atom is 0.240 e. The highest BCUT2D eigenvalue weighted by molar-refractivity contribution is 7.89. The third-order valence-corrected chi connectivity index (χ3v) is 5.75. The van der Waals surface area contributed by atoms with Crippen LogP contribution in [0.5, 0.6) is 0 Å². The van der Waals surface area contributed by atoms with Crippen molar-refractivity contribution >= 4 is 10.0 Å². The smallest absolute Gasteiger partial charge is 0.240 e. The fourth-order valence-electron chi connectivity index (χ4n) is 2.79. The van der Waals surface area contributed by atoms with E-state index in [4.69, 9.17) is 5.73 Å². The Labute approximate surface area is 121 Å². The first-order valence-corrected chi connectivity index (χ1v) is 8.64. The van der Waals surface area contributed by atoms with Crippen molar-refractivity contribution < 1.29 is 8.42 Å². The molecule has 0 atom stereocenters. The topological polar surface area (TPSA) is 72.2 Å². The Hall–Kier alpha value is -0.910. The van der Waals surface area contributed by atoms with Crippen molar-refractivity contribution in [3.05, 3.63) is 29.3 Å². The van der Waals surface area contributed by atoms with Crippen LogP contribution in [-0.2, 0) is 16.6 Å². The van der Waals surface area contributed by atoms with Gasteiger partial charge in [-0.1, -0.05) is 25.8 Å². The summed E-state index contributed by atoms with van der Waals surface area (Å²) >= 11 is 0. The minimum Gasteiger partial charge on any atom is -0.326 e. The number of nitrogens with two attached hydrogens (primary N) is 1. The van der Waals surface area contributed by atoms with Crippen LogP contribution >= 0.6 is 0 Å².